The van der Waals surface area contributed by atoms with Crippen LogP contribution in [0.2, 0.25) is 0 Å². The number of hydrogen-bond acceptors (Lipinski definition) is 4. The molecule has 3 rings (SSSR count). The Labute approximate surface area is 157 Å². The first kappa shape index (κ1) is 19.8. The molecule has 0 unspecified atom stereocenters. The average molecular weight is 379 g/mol. The van der Waals surface area contributed by atoms with Crippen molar-refractivity contribution >= 4 is 11.9 Å². The molecule has 1 aliphatic carbocycles. The standard InChI is InChI=1S/C20H26FNO5/c21-15-3-1-2-13(10-15)11-20(19(26)27)12-22(9-8-17(20)24)18(25)14-4-6-16(23)7-5-14/h1-3,10,14,16-17,23-24H,4-9,11-12H2,(H,26,27)/t14?,16?,17-,20+/m0/s1. The number of carboxylic acids is 1. The van der Waals surface area contributed by atoms with Gasteiger partial charge in [-0.05, 0) is 56.2 Å². The van der Waals surface area contributed by atoms with Crippen molar-refractivity contribution in [2.75, 3.05) is 13.1 Å². The van der Waals surface area contributed by atoms with Gasteiger partial charge in [-0.15, -0.1) is 0 Å². The van der Waals surface area contributed by atoms with Crippen LogP contribution >= 0.6 is 0 Å². The van der Waals surface area contributed by atoms with E-state index in [1.807, 2.05) is 0 Å². The number of carbonyl (C=O) groups excluding carboxylic acids is 1. The Balaban J connectivity index is 1.80. The third-order valence-corrected chi connectivity index (χ3v) is 5.98. The van der Waals surface area contributed by atoms with Crippen molar-refractivity contribution in [1.29, 1.82) is 0 Å². The Hall–Kier alpha value is -1.99. The number of amides is 1. The molecule has 7 heteroatoms. The second-order valence-corrected chi connectivity index (χ2v) is 7.84. The van der Waals surface area contributed by atoms with Crippen LogP contribution in [-0.2, 0) is 16.0 Å². The zero-order valence-electron chi connectivity index (χ0n) is 15.2. The fraction of sp³-hybridized carbons (Fsp3) is 0.600. The van der Waals surface area contributed by atoms with E-state index in [1.54, 1.807) is 6.07 Å². The Morgan fingerprint density at radius 2 is 1.85 bits per heavy atom. The first-order chi connectivity index (χ1) is 12.8. The lowest BCUT2D eigenvalue weighted by Crippen LogP contribution is -2.59. The highest BCUT2D eigenvalue weighted by Gasteiger charge is 2.50. The number of aliphatic hydroxyl groups excluding tert-OH is 2. The van der Waals surface area contributed by atoms with Crippen molar-refractivity contribution in [3.63, 3.8) is 0 Å². The topological polar surface area (TPSA) is 98.1 Å². The van der Waals surface area contributed by atoms with Crippen LogP contribution in [0.3, 0.4) is 0 Å². The quantitative estimate of drug-likeness (QED) is 0.738. The van der Waals surface area contributed by atoms with Gasteiger partial charge in [0.15, 0.2) is 0 Å². The maximum atomic E-state index is 13.5. The molecule has 1 aromatic carbocycles. The number of aliphatic carboxylic acids is 1. The number of aliphatic hydroxyl groups is 2. The van der Waals surface area contributed by atoms with Crippen molar-refractivity contribution in [2.24, 2.45) is 11.3 Å². The molecule has 0 bridgehead atoms. The molecule has 2 aliphatic rings. The van der Waals surface area contributed by atoms with Gasteiger partial charge in [-0.2, -0.15) is 0 Å². The number of piperidine rings is 1. The number of rotatable bonds is 4. The van der Waals surface area contributed by atoms with E-state index in [4.69, 9.17) is 0 Å². The highest BCUT2D eigenvalue weighted by molar-refractivity contribution is 5.82. The van der Waals surface area contributed by atoms with E-state index in [-0.39, 0.29) is 37.3 Å². The van der Waals surface area contributed by atoms with Crippen molar-refractivity contribution in [1.82, 2.24) is 4.90 Å². The molecule has 27 heavy (non-hydrogen) atoms. The van der Waals surface area contributed by atoms with E-state index >= 15 is 0 Å². The van der Waals surface area contributed by atoms with Gasteiger partial charge < -0.3 is 20.2 Å². The lowest BCUT2D eigenvalue weighted by molar-refractivity contribution is -0.167. The zero-order chi connectivity index (χ0) is 19.6. The minimum atomic E-state index is -1.56. The zero-order valence-corrected chi connectivity index (χ0v) is 15.2. The molecule has 1 aliphatic heterocycles. The van der Waals surface area contributed by atoms with Crippen LogP contribution in [0.15, 0.2) is 24.3 Å². The number of carbonyl (C=O) groups is 2. The summed E-state index contributed by atoms with van der Waals surface area (Å²) in [5.41, 5.74) is -1.08. The molecule has 2 atom stereocenters. The van der Waals surface area contributed by atoms with Gasteiger partial charge in [0.2, 0.25) is 5.91 Å². The molecule has 2 fully saturated rings. The van der Waals surface area contributed by atoms with Crippen LogP contribution in [0.1, 0.15) is 37.7 Å². The Morgan fingerprint density at radius 1 is 1.15 bits per heavy atom. The molecule has 1 amide bonds. The molecule has 0 spiro atoms. The number of benzene rings is 1. The fourth-order valence-corrected chi connectivity index (χ4v) is 4.32. The minimum Gasteiger partial charge on any atom is -0.481 e. The molecule has 1 heterocycles. The molecular formula is C20H26FNO5. The summed E-state index contributed by atoms with van der Waals surface area (Å²) in [5.74, 6) is -1.98. The molecule has 0 radical (unpaired) electrons. The third kappa shape index (κ3) is 4.14. The van der Waals surface area contributed by atoms with E-state index in [9.17, 15) is 29.3 Å². The van der Waals surface area contributed by atoms with E-state index in [0.717, 1.165) is 0 Å². The van der Waals surface area contributed by atoms with Crippen LogP contribution in [0.4, 0.5) is 4.39 Å². The maximum Gasteiger partial charge on any atom is 0.314 e. The lowest BCUT2D eigenvalue weighted by Gasteiger charge is -2.44. The van der Waals surface area contributed by atoms with Crippen LogP contribution in [0.5, 0.6) is 0 Å². The van der Waals surface area contributed by atoms with Gasteiger partial charge >= 0.3 is 5.97 Å². The first-order valence-corrected chi connectivity index (χ1v) is 9.44. The summed E-state index contributed by atoms with van der Waals surface area (Å²) in [6, 6.07) is 5.68. The van der Waals surface area contributed by atoms with E-state index < -0.39 is 23.3 Å². The largest absolute Gasteiger partial charge is 0.481 e. The highest BCUT2D eigenvalue weighted by atomic mass is 19.1. The summed E-state index contributed by atoms with van der Waals surface area (Å²) in [4.78, 5) is 26.6. The molecule has 1 saturated heterocycles. The summed E-state index contributed by atoms with van der Waals surface area (Å²) in [7, 11) is 0. The first-order valence-electron chi connectivity index (χ1n) is 9.44. The molecular weight excluding hydrogens is 353 g/mol. The number of likely N-dealkylation sites (tertiary alicyclic amines) is 1. The Morgan fingerprint density at radius 3 is 2.48 bits per heavy atom. The smallest absolute Gasteiger partial charge is 0.314 e. The molecule has 148 valence electrons. The van der Waals surface area contributed by atoms with E-state index in [1.165, 1.54) is 23.1 Å². The van der Waals surface area contributed by atoms with Crippen LogP contribution in [-0.4, -0.2) is 57.4 Å². The van der Waals surface area contributed by atoms with Crippen molar-refractivity contribution in [2.45, 2.75) is 50.7 Å². The lowest BCUT2D eigenvalue weighted by atomic mass is 9.72. The number of nitrogens with zero attached hydrogens (tertiary/aromatic N) is 1. The van der Waals surface area contributed by atoms with Gasteiger partial charge in [0.05, 0.1) is 12.2 Å². The van der Waals surface area contributed by atoms with Gasteiger partial charge in [0.25, 0.3) is 0 Å². The summed E-state index contributed by atoms with van der Waals surface area (Å²) in [6.45, 7) is 0.204. The van der Waals surface area contributed by atoms with E-state index in [0.29, 0.717) is 37.8 Å². The maximum absolute atomic E-state index is 13.5. The van der Waals surface area contributed by atoms with Gasteiger partial charge in [0, 0.05) is 19.0 Å². The third-order valence-electron chi connectivity index (χ3n) is 5.98. The molecule has 6 nitrogen and oxygen atoms in total. The molecule has 1 saturated carbocycles. The van der Waals surface area contributed by atoms with Crippen molar-refractivity contribution in [3.05, 3.63) is 35.6 Å². The molecule has 0 aromatic heterocycles. The highest BCUT2D eigenvalue weighted by Crippen LogP contribution is 2.36. The average Bonchev–Trinajstić information content (AvgIpc) is 2.63. The van der Waals surface area contributed by atoms with Gasteiger partial charge in [-0.1, -0.05) is 12.1 Å². The van der Waals surface area contributed by atoms with Gasteiger partial charge in [0.1, 0.15) is 11.2 Å². The normalized spacial score (nSPS) is 31.5. The van der Waals surface area contributed by atoms with Crippen molar-refractivity contribution in [3.8, 4) is 0 Å². The predicted molar refractivity (Wildman–Crippen MR) is 95.3 cm³/mol. The van der Waals surface area contributed by atoms with E-state index in [2.05, 4.69) is 0 Å². The fourth-order valence-electron chi connectivity index (χ4n) is 4.32. The molecule has 1 aromatic rings. The van der Waals surface area contributed by atoms with Crippen LogP contribution < -0.4 is 0 Å². The summed E-state index contributed by atoms with van der Waals surface area (Å²) < 4.78 is 13.5. The summed E-state index contributed by atoms with van der Waals surface area (Å²) >= 11 is 0. The minimum absolute atomic E-state index is 0.0472. The van der Waals surface area contributed by atoms with Crippen molar-refractivity contribution < 1.29 is 29.3 Å². The summed E-state index contributed by atoms with van der Waals surface area (Å²) in [5, 5.41) is 30.1. The van der Waals surface area contributed by atoms with Crippen LogP contribution in [0.25, 0.3) is 0 Å². The number of carboxylic acid groups (broad SMARTS) is 1. The monoisotopic (exact) mass is 379 g/mol. The van der Waals surface area contributed by atoms with Gasteiger partial charge in [-0.25, -0.2) is 4.39 Å². The SMILES string of the molecule is O=C(C1CCC(O)CC1)N1CC[C@H](O)[C@](Cc2cccc(F)c2)(C(=O)O)C1. The Bertz CT molecular complexity index is 703. The predicted octanol–water partition coefficient (Wildman–Crippen LogP) is 1.58. The number of halogens is 1. The summed E-state index contributed by atoms with van der Waals surface area (Å²) in [6.07, 6.45) is 0.947. The van der Waals surface area contributed by atoms with Crippen LogP contribution in [0, 0.1) is 17.2 Å². The molecule has 3 N–H and O–H groups in total. The second-order valence-electron chi connectivity index (χ2n) is 7.84. The van der Waals surface area contributed by atoms with Gasteiger partial charge in [-0.3, -0.25) is 9.59 Å². The second kappa shape index (κ2) is 7.94. The Kier molecular flexibility index (Phi) is 5.81. The number of hydrogen-bond donors (Lipinski definition) is 3.